The summed E-state index contributed by atoms with van der Waals surface area (Å²) in [5, 5.41) is 6.57. The number of carbonyl (C=O) groups excluding carboxylic acids is 1. The van der Waals surface area contributed by atoms with Crippen molar-refractivity contribution in [3.63, 3.8) is 0 Å². The van der Waals surface area contributed by atoms with Crippen LogP contribution in [0.15, 0.2) is 77.7 Å². The molecule has 4 aromatic rings. The topological polar surface area (TPSA) is 80.2 Å². The maximum absolute atomic E-state index is 13.3. The van der Waals surface area contributed by atoms with Gasteiger partial charge in [-0.25, -0.2) is 13.2 Å². The van der Waals surface area contributed by atoms with E-state index in [0.29, 0.717) is 38.3 Å². The molecule has 4 rings (SSSR count). The molecule has 0 radical (unpaired) electrons. The molecule has 0 aliphatic carbocycles. The van der Waals surface area contributed by atoms with Crippen LogP contribution in [-0.2, 0) is 16.4 Å². The normalized spacial score (nSPS) is 11.5. The van der Waals surface area contributed by atoms with Crippen LogP contribution in [-0.4, -0.2) is 31.3 Å². The van der Waals surface area contributed by atoms with Crippen molar-refractivity contribution in [2.45, 2.75) is 18.4 Å². The van der Waals surface area contributed by atoms with Crippen LogP contribution in [0.3, 0.4) is 0 Å². The number of hydrogen-bond donors (Lipinski definition) is 2. The number of para-hydroxylation sites is 1. The molecule has 0 aliphatic rings. The van der Waals surface area contributed by atoms with Gasteiger partial charge in [0.05, 0.1) is 20.7 Å². The summed E-state index contributed by atoms with van der Waals surface area (Å²) in [6, 6.07) is 21.5. The Labute approximate surface area is 208 Å². The number of nitrogens with one attached hydrogen (secondary N) is 2. The van der Waals surface area contributed by atoms with E-state index in [0.717, 1.165) is 11.1 Å². The number of fused-ring (bicyclic) bond motifs is 1. The van der Waals surface area contributed by atoms with E-state index in [1.54, 1.807) is 12.1 Å². The molecule has 1 aromatic heterocycles. The number of sulfone groups is 1. The van der Waals surface area contributed by atoms with Crippen LogP contribution in [0.25, 0.3) is 10.9 Å². The molecule has 2 N–H and O–H groups in total. The Kier molecular flexibility index (Phi) is 7.16. The lowest BCUT2D eigenvalue weighted by molar-refractivity contribution is 0.252. The summed E-state index contributed by atoms with van der Waals surface area (Å²) in [7, 11) is -3.67. The predicted molar refractivity (Wildman–Crippen MR) is 138 cm³/mol. The van der Waals surface area contributed by atoms with Crippen molar-refractivity contribution in [2.75, 3.05) is 17.6 Å². The molecule has 0 unspecified atom stereocenters. The first-order valence-electron chi connectivity index (χ1n) is 10.6. The molecule has 3 aromatic carbocycles. The second-order valence-electron chi connectivity index (χ2n) is 7.83. The second-order valence-corrected chi connectivity index (χ2v) is 10.7. The predicted octanol–water partition coefficient (Wildman–Crippen LogP) is 5.90. The lowest BCUT2D eigenvalue weighted by Crippen LogP contribution is -2.33. The highest BCUT2D eigenvalue weighted by atomic mass is 35.5. The van der Waals surface area contributed by atoms with Gasteiger partial charge in [0.15, 0.2) is 9.84 Å². The van der Waals surface area contributed by atoms with Crippen LogP contribution >= 0.6 is 23.2 Å². The van der Waals surface area contributed by atoms with Crippen molar-refractivity contribution >= 4 is 55.7 Å². The highest BCUT2D eigenvalue weighted by Gasteiger charge is 2.25. The largest absolute Gasteiger partial charge is 0.339 e. The third-order valence-corrected chi connectivity index (χ3v) is 8.12. The number of nitrogens with zero attached hydrogens (tertiary/aromatic N) is 1. The molecule has 0 aliphatic heterocycles. The number of amides is 2. The van der Waals surface area contributed by atoms with Crippen molar-refractivity contribution < 1.29 is 13.2 Å². The molecule has 6 nitrogen and oxygen atoms in total. The van der Waals surface area contributed by atoms with E-state index in [1.165, 1.54) is 6.07 Å². The Bertz CT molecular complexity index is 1450. The first-order chi connectivity index (χ1) is 16.3. The molecule has 0 saturated heterocycles. The van der Waals surface area contributed by atoms with Gasteiger partial charge in [0.1, 0.15) is 0 Å². The monoisotopic (exact) mass is 515 g/mol. The minimum atomic E-state index is -3.67. The van der Waals surface area contributed by atoms with Crippen molar-refractivity contribution in [3.05, 3.63) is 94.1 Å². The number of carbonyl (C=O) groups is 1. The number of benzene rings is 3. The molecule has 0 saturated carbocycles. The van der Waals surface area contributed by atoms with Gasteiger partial charge < -0.3 is 15.2 Å². The zero-order valence-electron chi connectivity index (χ0n) is 18.4. The zero-order valence-corrected chi connectivity index (χ0v) is 20.7. The fourth-order valence-corrected chi connectivity index (χ4v) is 5.85. The van der Waals surface area contributed by atoms with Gasteiger partial charge in [-0.05, 0) is 36.8 Å². The average Bonchev–Trinajstić information content (AvgIpc) is 3.09. The summed E-state index contributed by atoms with van der Waals surface area (Å²) in [6.45, 7) is 2.33. The summed E-state index contributed by atoms with van der Waals surface area (Å²) in [6.07, 6.45) is 0. The SMILES string of the molecule is Cc1c(S(=O)(=O)CCNC(=O)Nc2ccc(Cl)c(Cl)c2)c2ccccc2n1Cc1ccccc1. The number of urea groups is 1. The first kappa shape index (κ1) is 24.1. The minimum Gasteiger partial charge on any atom is -0.339 e. The van der Waals surface area contributed by atoms with Gasteiger partial charge in [-0.15, -0.1) is 0 Å². The Hall–Kier alpha value is -3.00. The molecule has 0 atom stereocenters. The fraction of sp³-hybridized carbons (Fsp3) is 0.160. The summed E-state index contributed by atoms with van der Waals surface area (Å²) in [5.74, 6) is -0.234. The zero-order chi connectivity index (χ0) is 24.3. The van der Waals surface area contributed by atoms with Gasteiger partial charge in [-0.3, -0.25) is 0 Å². The van der Waals surface area contributed by atoms with Crippen molar-refractivity contribution in [1.82, 2.24) is 9.88 Å². The number of anilines is 1. The summed E-state index contributed by atoms with van der Waals surface area (Å²) in [5.41, 5.74) is 3.06. The molecule has 2 amide bonds. The lowest BCUT2D eigenvalue weighted by Gasteiger charge is -2.10. The van der Waals surface area contributed by atoms with E-state index < -0.39 is 15.9 Å². The number of rotatable bonds is 7. The molecule has 1 heterocycles. The van der Waals surface area contributed by atoms with Gasteiger partial charge in [-0.2, -0.15) is 0 Å². The van der Waals surface area contributed by atoms with Gasteiger partial charge in [0, 0.05) is 35.4 Å². The van der Waals surface area contributed by atoms with Crippen molar-refractivity contribution in [1.29, 1.82) is 0 Å². The smallest absolute Gasteiger partial charge is 0.319 e. The van der Waals surface area contributed by atoms with Crippen LogP contribution in [0.2, 0.25) is 10.0 Å². The first-order valence-corrected chi connectivity index (χ1v) is 13.0. The molecule has 0 spiro atoms. The van der Waals surface area contributed by atoms with Crippen LogP contribution < -0.4 is 10.6 Å². The summed E-state index contributed by atoms with van der Waals surface area (Å²) >= 11 is 11.8. The van der Waals surface area contributed by atoms with E-state index in [1.807, 2.05) is 66.1 Å². The standard InChI is InChI=1S/C25H23Cl2N3O3S/c1-17-24(20-9-5-6-10-23(20)30(17)16-18-7-3-2-4-8-18)34(32,33)14-13-28-25(31)29-19-11-12-21(26)22(27)15-19/h2-12,15H,13-14,16H2,1H3,(H2,28,29,31). The third-order valence-electron chi connectivity index (χ3n) is 5.50. The maximum Gasteiger partial charge on any atom is 0.319 e. The molecular formula is C25H23Cl2N3O3S. The number of hydrogen-bond acceptors (Lipinski definition) is 3. The van der Waals surface area contributed by atoms with Crippen LogP contribution in [0.4, 0.5) is 10.5 Å². The van der Waals surface area contributed by atoms with Crippen LogP contribution in [0, 0.1) is 6.92 Å². The average molecular weight is 516 g/mol. The minimum absolute atomic E-state index is 0.0485. The van der Waals surface area contributed by atoms with Crippen molar-refractivity contribution in [2.24, 2.45) is 0 Å². The van der Waals surface area contributed by atoms with Gasteiger partial charge in [0.25, 0.3) is 0 Å². The number of halogens is 2. The van der Waals surface area contributed by atoms with Crippen LogP contribution in [0.1, 0.15) is 11.3 Å². The molecular weight excluding hydrogens is 493 g/mol. The Balaban J connectivity index is 1.51. The lowest BCUT2D eigenvalue weighted by atomic mass is 10.2. The summed E-state index contributed by atoms with van der Waals surface area (Å²) in [4.78, 5) is 12.5. The van der Waals surface area contributed by atoms with E-state index >= 15 is 0 Å². The van der Waals surface area contributed by atoms with Gasteiger partial charge in [-0.1, -0.05) is 71.7 Å². The quantitative estimate of drug-likeness (QED) is 0.321. The maximum atomic E-state index is 13.3. The highest BCUT2D eigenvalue weighted by molar-refractivity contribution is 7.91. The Morgan fingerprint density at radius 1 is 0.941 bits per heavy atom. The van der Waals surface area contributed by atoms with E-state index in [2.05, 4.69) is 10.6 Å². The molecule has 176 valence electrons. The Morgan fingerprint density at radius 2 is 1.65 bits per heavy atom. The van der Waals surface area contributed by atoms with E-state index in [4.69, 9.17) is 23.2 Å². The van der Waals surface area contributed by atoms with Crippen LogP contribution in [0.5, 0.6) is 0 Å². The third kappa shape index (κ3) is 5.22. The van der Waals surface area contributed by atoms with Gasteiger partial charge in [0.2, 0.25) is 0 Å². The van der Waals surface area contributed by atoms with Gasteiger partial charge >= 0.3 is 6.03 Å². The second kappa shape index (κ2) is 10.1. The molecule has 9 heteroatoms. The molecule has 34 heavy (non-hydrogen) atoms. The van der Waals surface area contributed by atoms with E-state index in [-0.39, 0.29) is 12.3 Å². The highest BCUT2D eigenvalue weighted by Crippen LogP contribution is 2.31. The molecule has 0 fully saturated rings. The Morgan fingerprint density at radius 3 is 2.38 bits per heavy atom. The van der Waals surface area contributed by atoms with Crippen molar-refractivity contribution in [3.8, 4) is 0 Å². The summed E-state index contributed by atoms with van der Waals surface area (Å²) < 4.78 is 28.7. The van der Waals surface area contributed by atoms with E-state index in [9.17, 15) is 13.2 Å². The number of aromatic nitrogens is 1. The molecule has 0 bridgehead atoms. The fourth-order valence-electron chi connectivity index (χ4n) is 3.91.